The molecule has 2 unspecified atom stereocenters. The second-order valence-electron chi connectivity index (χ2n) is 7.47. The van der Waals surface area contributed by atoms with E-state index in [4.69, 9.17) is 9.73 Å². The molecule has 0 saturated carbocycles. The Morgan fingerprint density at radius 1 is 0.759 bits per heavy atom. The molecule has 0 bridgehead atoms. The number of ether oxygens (including phenoxy) is 1. The highest BCUT2D eigenvalue weighted by atomic mass is 31.1. The number of benzene rings is 3. The monoisotopic (exact) mass is 397 g/mol. The van der Waals surface area contributed by atoms with Gasteiger partial charge in [-0.1, -0.05) is 97.1 Å². The van der Waals surface area contributed by atoms with Gasteiger partial charge >= 0.3 is 0 Å². The second-order valence-corrected chi connectivity index (χ2v) is 9.86. The average Bonchev–Trinajstić information content (AvgIpc) is 3.46. The summed E-state index contributed by atoms with van der Waals surface area (Å²) in [4.78, 5) is 5.00. The molecule has 2 atom stereocenters. The molecule has 0 N–H and O–H groups in total. The molecule has 0 aromatic heterocycles. The van der Waals surface area contributed by atoms with Crippen LogP contribution < -0.4 is 10.6 Å². The Balaban J connectivity index is 1.49. The molecule has 3 heteroatoms. The molecular formula is C26H24NOP. The fourth-order valence-corrected chi connectivity index (χ4v) is 7.16. The predicted octanol–water partition coefficient (Wildman–Crippen LogP) is 5.38. The minimum Gasteiger partial charge on any atom is -0.475 e. The van der Waals surface area contributed by atoms with E-state index in [-0.39, 0.29) is 6.04 Å². The summed E-state index contributed by atoms with van der Waals surface area (Å²) in [6.45, 7) is 0.637. The van der Waals surface area contributed by atoms with Gasteiger partial charge in [-0.25, -0.2) is 4.99 Å². The van der Waals surface area contributed by atoms with Gasteiger partial charge in [0.1, 0.15) is 12.6 Å². The van der Waals surface area contributed by atoms with Crippen LogP contribution in [-0.4, -0.2) is 18.2 Å². The first kappa shape index (κ1) is 18.3. The summed E-state index contributed by atoms with van der Waals surface area (Å²) in [7, 11) is -0.505. The summed E-state index contributed by atoms with van der Waals surface area (Å²) in [6.07, 6.45) is 4.61. The molecule has 1 aliphatic heterocycles. The lowest BCUT2D eigenvalue weighted by atomic mass is 10.1. The fourth-order valence-electron chi connectivity index (χ4n) is 4.25. The minimum atomic E-state index is -0.505. The van der Waals surface area contributed by atoms with Crippen LogP contribution in [0.1, 0.15) is 24.4 Å². The third-order valence-electron chi connectivity index (χ3n) is 5.63. The van der Waals surface area contributed by atoms with Crippen molar-refractivity contribution in [1.29, 1.82) is 0 Å². The number of rotatable bonds is 5. The highest BCUT2D eigenvalue weighted by Gasteiger charge is 2.35. The maximum absolute atomic E-state index is 6.15. The third kappa shape index (κ3) is 3.78. The highest BCUT2D eigenvalue weighted by molar-refractivity contribution is 7.73. The zero-order valence-electron chi connectivity index (χ0n) is 16.3. The Hall–Kier alpha value is -2.70. The van der Waals surface area contributed by atoms with Crippen LogP contribution in [0.2, 0.25) is 0 Å². The van der Waals surface area contributed by atoms with E-state index in [1.807, 2.05) is 6.07 Å². The first-order chi connectivity index (χ1) is 14.4. The summed E-state index contributed by atoms with van der Waals surface area (Å²) in [5.41, 5.74) is 2.98. The first-order valence-electron chi connectivity index (χ1n) is 10.3. The van der Waals surface area contributed by atoms with Gasteiger partial charge in [0.15, 0.2) is 0 Å². The van der Waals surface area contributed by atoms with Crippen molar-refractivity contribution in [3.05, 3.63) is 108 Å². The van der Waals surface area contributed by atoms with Crippen LogP contribution in [0.3, 0.4) is 0 Å². The van der Waals surface area contributed by atoms with E-state index >= 15 is 0 Å². The Kier molecular flexibility index (Phi) is 5.28. The number of hydrogen-bond acceptors (Lipinski definition) is 2. The van der Waals surface area contributed by atoms with Crippen molar-refractivity contribution in [3.63, 3.8) is 0 Å². The lowest BCUT2D eigenvalue weighted by Crippen LogP contribution is -2.24. The van der Waals surface area contributed by atoms with Crippen molar-refractivity contribution >= 4 is 24.4 Å². The summed E-state index contributed by atoms with van der Waals surface area (Å²) >= 11 is 0. The predicted molar refractivity (Wildman–Crippen MR) is 123 cm³/mol. The van der Waals surface area contributed by atoms with Crippen molar-refractivity contribution in [3.8, 4) is 0 Å². The van der Waals surface area contributed by atoms with Crippen molar-refractivity contribution in [1.82, 2.24) is 0 Å². The molecule has 0 radical (unpaired) electrons. The van der Waals surface area contributed by atoms with E-state index in [1.54, 1.807) is 0 Å². The molecule has 3 aromatic carbocycles. The Morgan fingerprint density at radius 2 is 1.34 bits per heavy atom. The number of allylic oxidation sites excluding steroid dienone is 1. The normalized spacial score (nSPS) is 21.0. The van der Waals surface area contributed by atoms with Gasteiger partial charge < -0.3 is 4.74 Å². The maximum atomic E-state index is 6.15. The smallest absolute Gasteiger partial charge is 0.213 e. The SMILES string of the molecule is C1=C(C2=NC(c3ccccc3)CO2)C(P(c2ccccc2)c2ccccc2)CC1. The van der Waals surface area contributed by atoms with Crippen LogP contribution in [0.25, 0.3) is 0 Å². The Labute approximate surface area is 173 Å². The van der Waals surface area contributed by atoms with Crippen LogP contribution >= 0.6 is 7.92 Å². The molecule has 3 aromatic rings. The lowest BCUT2D eigenvalue weighted by Gasteiger charge is -2.27. The minimum absolute atomic E-state index is 0.105. The largest absolute Gasteiger partial charge is 0.475 e. The Morgan fingerprint density at radius 3 is 1.97 bits per heavy atom. The second kappa shape index (κ2) is 8.35. The van der Waals surface area contributed by atoms with Crippen LogP contribution in [0, 0.1) is 0 Å². The molecule has 0 amide bonds. The summed E-state index contributed by atoms with van der Waals surface area (Å²) < 4.78 is 6.15. The molecule has 1 aliphatic carbocycles. The van der Waals surface area contributed by atoms with Crippen LogP contribution in [0.5, 0.6) is 0 Å². The van der Waals surface area contributed by atoms with Crippen LogP contribution in [0.15, 0.2) is 108 Å². The van der Waals surface area contributed by atoms with Gasteiger partial charge in [0, 0.05) is 11.2 Å². The molecular weight excluding hydrogens is 373 g/mol. The third-order valence-corrected chi connectivity index (χ3v) is 8.49. The van der Waals surface area contributed by atoms with Gasteiger partial charge in [0.25, 0.3) is 0 Å². The summed E-state index contributed by atoms with van der Waals surface area (Å²) in [5, 5.41) is 2.84. The van der Waals surface area contributed by atoms with Crippen molar-refractivity contribution in [2.75, 3.05) is 6.61 Å². The molecule has 0 saturated heterocycles. The van der Waals surface area contributed by atoms with Crippen molar-refractivity contribution < 1.29 is 4.74 Å². The molecule has 29 heavy (non-hydrogen) atoms. The van der Waals surface area contributed by atoms with E-state index in [0.29, 0.717) is 12.3 Å². The molecule has 144 valence electrons. The zero-order chi connectivity index (χ0) is 19.5. The van der Waals surface area contributed by atoms with Gasteiger partial charge in [-0.3, -0.25) is 0 Å². The summed E-state index contributed by atoms with van der Waals surface area (Å²) in [5.74, 6) is 0.862. The van der Waals surface area contributed by atoms with Gasteiger partial charge in [0.2, 0.25) is 5.90 Å². The molecule has 1 heterocycles. The highest BCUT2D eigenvalue weighted by Crippen LogP contribution is 2.49. The van der Waals surface area contributed by atoms with E-state index in [9.17, 15) is 0 Å². The van der Waals surface area contributed by atoms with Crippen molar-refractivity contribution in [2.45, 2.75) is 24.5 Å². The Bertz CT molecular complexity index is 975. The molecule has 0 fully saturated rings. The van der Waals surface area contributed by atoms with Gasteiger partial charge in [-0.15, -0.1) is 0 Å². The quantitative estimate of drug-likeness (QED) is 0.530. The van der Waals surface area contributed by atoms with Crippen LogP contribution in [0.4, 0.5) is 0 Å². The standard InChI is InChI=1S/C26H24NOP/c1-4-11-20(12-5-1)24-19-28-26(27-24)23-17-10-18-25(23)29(21-13-6-2-7-14-21)22-15-8-3-9-16-22/h1-9,11-17,24-25H,10,18-19H2. The van der Waals surface area contributed by atoms with Gasteiger partial charge in [0.05, 0.1) is 0 Å². The van der Waals surface area contributed by atoms with Gasteiger partial charge in [-0.2, -0.15) is 0 Å². The van der Waals surface area contributed by atoms with E-state index in [1.165, 1.54) is 21.7 Å². The van der Waals surface area contributed by atoms with E-state index < -0.39 is 7.92 Å². The lowest BCUT2D eigenvalue weighted by molar-refractivity contribution is 0.318. The van der Waals surface area contributed by atoms with E-state index in [2.05, 4.69) is 91.0 Å². The number of aliphatic imine (C=N–C) groups is 1. The number of nitrogens with zero attached hydrogens (tertiary/aromatic N) is 1. The molecule has 0 spiro atoms. The molecule has 2 aliphatic rings. The zero-order valence-corrected chi connectivity index (χ0v) is 17.2. The van der Waals surface area contributed by atoms with Crippen molar-refractivity contribution in [2.24, 2.45) is 4.99 Å². The molecule has 2 nitrogen and oxygen atoms in total. The molecule has 5 rings (SSSR count). The number of hydrogen-bond donors (Lipinski definition) is 0. The van der Waals surface area contributed by atoms with Gasteiger partial charge in [-0.05, 0) is 36.9 Å². The van der Waals surface area contributed by atoms with E-state index in [0.717, 1.165) is 18.7 Å². The first-order valence-corrected chi connectivity index (χ1v) is 11.7. The maximum Gasteiger partial charge on any atom is 0.213 e. The average molecular weight is 397 g/mol. The fraction of sp³-hybridized carbons (Fsp3) is 0.192. The topological polar surface area (TPSA) is 21.6 Å². The summed E-state index contributed by atoms with van der Waals surface area (Å²) in [6, 6.07) is 32.5. The van der Waals surface area contributed by atoms with Crippen LogP contribution in [-0.2, 0) is 4.74 Å².